The number of rotatable bonds is 7. The van der Waals surface area contributed by atoms with Gasteiger partial charge in [0.05, 0.1) is 47.7 Å². The molecule has 2 N–H and O–H groups in total. The number of amidine groups is 1. The lowest BCUT2D eigenvalue weighted by Crippen LogP contribution is -2.60. The number of nitrogens with zero attached hydrogens (tertiary/aromatic N) is 4. The standard InChI is InChI=1S/C29H40N6O2/c1-19-13-22-21-8-10-30-16-24(21)32-27(22)23(14-19)33-28(36-4)25-17-37-29(2,3)18-34(25)12-9-26-31-15-20-7-5-6-11-35(20)26/h8,10,13-14,16,20,25,28,32-33H,5-7,9,11-12,15,17-18H2,1-4H3. The first-order chi connectivity index (χ1) is 17.9. The van der Waals surface area contributed by atoms with Crippen molar-refractivity contribution in [3.05, 3.63) is 36.2 Å². The molecule has 3 aromatic rings. The van der Waals surface area contributed by atoms with Crippen molar-refractivity contribution in [3.8, 4) is 0 Å². The monoisotopic (exact) mass is 504 g/mol. The number of hydrogen-bond donors (Lipinski definition) is 2. The smallest absolute Gasteiger partial charge is 0.145 e. The zero-order chi connectivity index (χ0) is 25.6. The van der Waals surface area contributed by atoms with E-state index in [4.69, 9.17) is 14.5 Å². The highest BCUT2D eigenvalue weighted by Crippen LogP contribution is 2.33. The van der Waals surface area contributed by atoms with E-state index in [1.54, 1.807) is 7.11 Å². The van der Waals surface area contributed by atoms with Gasteiger partial charge in [-0.1, -0.05) is 0 Å². The maximum Gasteiger partial charge on any atom is 0.145 e. The summed E-state index contributed by atoms with van der Waals surface area (Å²) < 4.78 is 12.4. The van der Waals surface area contributed by atoms with E-state index in [9.17, 15) is 0 Å². The lowest BCUT2D eigenvalue weighted by Gasteiger charge is -2.46. The summed E-state index contributed by atoms with van der Waals surface area (Å²) in [5, 5.41) is 6.12. The highest BCUT2D eigenvalue weighted by atomic mass is 16.5. The SMILES string of the molecule is COC(Nc1cc(C)cc2c1[nH]c1cnccc12)C1COC(C)(C)CN1CCC1=NCC2CCCCN12. The Kier molecular flexibility index (Phi) is 6.59. The van der Waals surface area contributed by atoms with Crippen LogP contribution in [0.15, 0.2) is 35.6 Å². The Morgan fingerprint density at radius 1 is 1.27 bits per heavy atom. The molecule has 0 bridgehead atoms. The second-order valence-corrected chi connectivity index (χ2v) is 11.5. The summed E-state index contributed by atoms with van der Waals surface area (Å²) in [5.41, 5.74) is 4.17. The molecule has 8 heteroatoms. The molecule has 3 unspecified atom stereocenters. The number of anilines is 1. The van der Waals surface area contributed by atoms with Gasteiger partial charge in [-0.15, -0.1) is 0 Å². The van der Waals surface area contributed by atoms with Crippen LogP contribution in [-0.2, 0) is 9.47 Å². The fourth-order valence-electron chi connectivity index (χ4n) is 6.47. The molecular formula is C29H40N6O2. The molecule has 3 aliphatic heterocycles. The van der Waals surface area contributed by atoms with Crippen molar-refractivity contribution in [1.82, 2.24) is 19.8 Å². The number of aliphatic imine (C=N–C) groups is 1. The second-order valence-electron chi connectivity index (χ2n) is 11.5. The molecule has 3 aliphatic rings. The summed E-state index contributed by atoms with van der Waals surface area (Å²) in [6.07, 6.45) is 8.40. The molecule has 0 amide bonds. The minimum atomic E-state index is -0.223. The van der Waals surface area contributed by atoms with Crippen molar-refractivity contribution >= 4 is 33.3 Å². The van der Waals surface area contributed by atoms with Crippen molar-refractivity contribution < 1.29 is 9.47 Å². The van der Waals surface area contributed by atoms with Crippen molar-refractivity contribution in [3.63, 3.8) is 0 Å². The molecular weight excluding hydrogens is 464 g/mol. The zero-order valence-corrected chi connectivity index (χ0v) is 22.6. The van der Waals surface area contributed by atoms with Gasteiger partial charge in [-0.25, -0.2) is 0 Å². The summed E-state index contributed by atoms with van der Waals surface area (Å²) in [7, 11) is 1.79. The van der Waals surface area contributed by atoms with Crippen LogP contribution < -0.4 is 5.32 Å². The Balaban J connectivity index is 1.24. The lowest BCUT2D eigenvalue weighted by atomic mass is 10.0. The van der Waals surface area contributed by atoms with Crippen LogP contribution in [0.3, 0.4) is 0 Å². The molecule has 2 fully saturated rings. The van der Waals surface area contributed by atoms with Crippen molar-refractivity contribution in [1.29, 1.82) is 0 Å². The molecule has 0 radical (unpaired) electrons. The van der Waals surface area contributed by atoms with Gasteiger partial charge in [0.2, 0.25) is 0 Å². The molecule has 0 aliphatic carbocycles. The fraction of sp³-hybridized carbons (Fsp3) is 0.586. The van der Waals surface area contributed by atoms with Gasteiger partial charge in [0, 0.05) is 56.2 Å². The van der Waals surface area contributed by atoms with Crippen LogP contribution in [0.1, 0.15) is 45.1 Å². The Labute approximate surface area is 219 Å². The molecule has 0 spiro atoms. The summed E-state index contributed by atoms with van der Waals surface area (Å²) in [5.74, 6) is 1.29. The molecule has 8 nitrogen and oxygen atoms in total. The summed E-state index contributed by atoms with van der Waals surface area (Å²) in [6.45, 7) is 11.1. The summed E-state index contributed by atoms with van der Waals surface area (Å²) in [6, 6.07) is 7.21. The number of benzene rings is 1. The van der Waals surface area contributed by atoms with Gasteiger partial charge in [0.1, 0.15) is 12.1 Å². The van der Waals surface area contributed by atoms with Gasteiger partial charge in [0.25, 0.3) is 0 Å². The van der Waals surface area contributed by atoms with Crippen LogP contribution in [0.4, 0.5) is 5.69 Å². The molecule has 2 saturated heterocycles. The Hall–Kier alpha value is -2.68. The predicted octanol–water partition coefficient (Wildman–Crippen LogP) is 4.55. The van der Waals surface area contributed by atoms with Gasteiger partial charge in [-0.3, -0.25) is 14.9 Å². The van der Waals surface area contributed by atoms with Crippen molar-refractivity contribution in [2.75, 3.05) is 45.2 Å². The molecule has 37 heavy (non-hydrogen) atoms. The van der Waals surface area contributed by atoms with E-state index in [-0.39, 0.29) is 17.9 Å². The van der Waals surface area contributed by atoms with Gasteiger partial charge in [-0.2, -0.15) is 0 Å². The lowest BCUT2D eigenvalue weighted by molar-refractivity contribution is -0.138. The quantitative estimate of drug-likeness (QED) is 0.460. The Morgan fingerprint density at radius 2 is 2.16 bits per heavy atom. The van der Waals surface area contributed by atoms with E-state index in [1.807, 2.05) is 12.4 Å². The van der Waals surface area contributed by atoms with Crippen LogP contribution in [0.5, 0.6) is 0 Å². The third-order valence-corrected chi connectivity index (χ3v) is 8.32. The second kappa shape index (κ2) is 9.89. The van der Waals surface area contributed by atoms with E-state index >= 15 is 0 Å². The van der Waals surface area contributed by atoms with E-state index in [0.717, 1.165) is 49.3 Å². The largest absolute Gasteiger partial charge is 0.372 e. The first kappa shape index (κ1) is 24.6. The molecule has 0 saturated carbocycles. The highest BCUT2D eigenvalue weighted by molar-refractivity contribution is 6.11. The number of piperidine rings is 1. The number of aromatic amines is 1. The van der Waals surface area contributed by atoms with E-state index in [0.29, 0.717) is 12.6 Å². The first-order valence-corrected chi connectivity index (χ1v) is 13.8. The highest BCUT2D eigenvalue weighted by Gasteiger charge is 2.39. The zero-order valence-electron chi connectivity index (χ0n) is 22.6. The molecule has 6 rings (SSSR count). The molecule has 2 aromatic heterocycles. The van der Waals surface area contributed by atoms with Crippen LogP contribution in [-0.4, -0.2) is 89.4 Å². The maximum absolute atomic E-state index is 6.33. The number of methoxy groups -OCH3 is 1. The Morgan fingerprint density at radius 3 is 3.03 bits per heavy atom. The van der Waals surface area contributed by atoms with E-state index in [1.165, 1.54) is 41.4 Å². The minimum Gasteiger partial charge on any atom is -0.372 e. The van der Waals surface area contributed by atoms with Crippen molar-refractivity contribution in [2.45, 2.75) is 70.4 Å². The molecule has 198 valence electrons. The fourth-order valence-corrected chi connectivity index (χ4v) is 6.47. The maximum atomic E-state index is 6.33. The predicted molar refractivity (Wildman–Crippen MR) is 149 cm³/mol. The van der Waals surface area contributed by atoms with Crippen LogP contribution in [0.2, 0.25) is 0 Å². The third kappa shape index (κ3) is 4.82. The number of H-pyrrole nitrogens is 1. The Bertz CT molecular complexity index is 1300. The molecule has 1 aromatic carbocycles. The van der Waals surface area contributed by atoms with Gasteiger partial charge in [0.15, 0.2) is 0 Å². The average molecular weight is 505 g/mol. The average Bonchev–Trinajstić information content (AvgIpc) is 3.47. The third-order valence-electron chi connectivity index (χ3n) is 8.32. The first-order valence-electron chi connectivity index (χ1n) is 13.8. The van der Waals surface area contributed by atoms with Crippen LogP contribution in [0.25, 0.3) is 21.8 Å². The van der Waals surface area contributed by atoms with E-state index in [2.05, 4.69) is 64.1 Å². The number of aromatic nitrogens is 2. The van der Waals surface area contributed by atoms with Gasteiger partial charge >= 0.3 is 0 Å². The number of fused-ring (bicyclic) bond motifs is 4. The number of pyridine rings is 1. The summed E-state index contributed by atoms with van der Waals surface area (Å²) >= 11 is 0. The van der Waals surface area contributed by atoms with Crippen molar-refractivity contribution in [2.24, 2.45) is 4.99 Å². The number of morpholine rings is 1. The van der Waals surface area contributed by atoms with Crippen LogP contribution in [0, 0.1) is 6.92 Å². The van der Waals surface area contributed by atoms with Crippen LogP contribution >= 0.6 is 0 Å². The molecule has 5 heterocycles. The van der Waals surface area contributed by atoms with E-state index < -0.39 is 0 Å². The molecule has 3 atom stereocenters. The van der Waals surface area contributed by atoms with Gasteiger partial charge < -0.3 is 24.7 Å². The normalized spacial score (nSPS) is 24.9. The number of nitrogens with one attached hydrogen (secondary N) is 2. The number of hydrogen-bond acceptors (Lipinski definition) is 7. The number of ether oxygens (including phenoxy) is 2. The van der Waals surface area contributed by atoms with Gasteiger partial charge in [-0.05, 0) is 63.8 Å². The topological polar surface area (TPSA) is 78.0 Å². The summed E-state index contributed by atoms with van der Waals surface area (Å²) in [4.78, 5) is 17.9. The minimum absolute atomic E-state index is 0.0822. The number of aryl methyl sites for hydroxylation is 1.